The van der Waals surface area contributed by atoms with Gasteiger partial charge in [0, 0.05) is 11.9 Å². The van der Waals surface area contributed by atoms with Crippen molar-refractivity contribution in [2.24, 2.45) is 5.73 Å². The lowest BCUT2D eigenvalue weighted by atomic mass is 10.1. The van der Waals surface area contributed by atoms with Crippen molar-refractivity contribution < 1.29 is 4.74 Å². The second kappa shape index (κ2) is 5.65. The molecule has 0 saturated heterocycles. The van der Waals surface area contributed by atoms with E-state index in [1.807, 2.05) is 42.5 Å². The van der Waals surface area contributed by atoms with Crippen LogP contribution >= 0.6 is 15.9 Å². The lowest BCUT2D eigenvalue weighted by Crippen LogP contribution is -1.96. The highest BCUT2D eigenvalue weighted by Gasteiger charge is 2.06. The van der Waals surface area contributed by atoms with Crippen molar-refractivity contribution in [1.82, 2.24) is 0 Å². The Balaban J connectivity index is 2.01. The van der Waals surface area contributed by atoms with E-state index in [0.717, 1.165) is 26.9 Å². The molecule has 3 aromatic rings. The second-order valence-electron chi connectivity index (χ2n) is 4.55. The van der Waals surface area contributed by atoms with Crippen LogP contribution < -0.4 is 10.5 Å². The van der Waals surface area contributed by atoms with E-state index in [-0.39, 0.29) is 0 Å². The van der Waals surface area contributed by atoms with Crippen molar-refractivity contribution in [2.45, 2.75) is 6.54 Å². The fourth-order valence-electron chi connectivity index (χ4n) is 2.16. The monoisotopic (exact) mass is 327 g/mol. The lowest BCUT2D eigenvalue weighted by molar-refractivity contribution is 0.485. The number of fused-ring (bicyclic) bond motifs is 1. The highest BCUT2D eigenvalue weighted by molar-refractivity contribution is 9.10. The lowest BCUT2D eigenvalue weighted by Gasteiger charge is -2.11. The molecule has 3 rings (SSSR count). The molecule has 0 aliphatic rings. The first-order chi connectivity index (χ1) is 9.78. The van der Waals surface area contributed by atoms with Crippen LogP contribution in [0.5, 0.6) is 11.5 Å². The molecule has 20 heavy (non-hydrogen) atoms. The summed E-state index contributed by atoms with van der Waals surface area (Å²) in [6.07, 6.45) is 0. The van der Waals surface area contributed by atoms with E-state index in [9.17, 15) is 0 Å². The number of ether oxygens (including phenoxy) is 1. The first-order valence-corrected chi connectivity index (χ1v) is 7.21. The topological polar surface area (TPSA) is 35.2 Å². The molecule has 0 aliphatic carbocycles. The van der Waals surface area contributed by atoms with Crippen molar-refractivity contribution in [3.63, 3.8) is 0 Å². The van der Waals surface area contributed by atoms with Crippen molar-refractivity contribution in [3.8, 4) is 11.5 Å². The molecule has 0 atom stereocenters. The molecule has 0 fully saturated rings. The standard InChI is InChI=1S/C17H14BrNO/c18-15-10-12(11-19)8-9-17(15)20-16-7-3-5-13-4-1-2-6-14(13)16/h1-10H,11,19H2. The van der Waals surface area contributed by atoms with Crippen LogP contribution in [-0.4, -0.2) is 0 Å². The second-order valence-corrected chi connectivity index (χ2v) is 5.40. The van der Waals surface area contributed by atoms with E-state index in [1.165, 1.54) is 5.39 Å². The van der Waals surface area contributed by atoms with Gasteiger partial charge in [0.05, 0.1) is 4.47 Å². The molecular formula is C17H14BrNO. The summed E-state index contributed by atoms with van der Waals surface area (Å²) < 4.78 is 6.94. The highest BCUT2D eigenvalue weighted by Crippen LogP contribution is 2.34. The summed E-state index contributed by atoms with van der Waals surface area (Å²) in [6, 6.07) is 20.1. The van der Waals surface area contributed by atoms with E-state index < -0.39 is 0 Å². The molecule has 2 nitrogen and oxygen atoms in total. The third-order valence-electron chi connectivity index (χ3n) is 3.20. The quantitative estimate of drug-likeness (QED) is 0.746. The summed E-state index contributed by atoms with van der Waals surface area (Å²) in [5, 5.41) is 2.27. The van der Waals surface area contributed by atoms with Gasteiger partial charge in [-0.15, -0.1) is 0 Å². The van der Waals surface area contributed by atoms with Gasteiger partial charge in [-0.25, -0.2) is 0 Å². The summed E-state index contributed by atoms with van der Waals surface area (Å²) in [5.41, 5.74) is 6.71. The third kappa shape index (κ3) is 2.55. The molecule has 0 aliphatic heterocycles. The van der Waals surface area contributed by atoms with Gasteiger partial charge in [0.1, 0.15) is 11.5 Å². The van der Waals surface area contributed by atoms with Gasteiger partial charge in [-0.1, -0.05) is 42.5 Å². The number of halogens is 1. The molecule has 0 bridgehead atoms. The van der Waals surface area contributed by atoms with Crippen molar-refractivity contribution >= 4 is 26.7 Å². The van der Waals surface area contributed by atoms with Gasteiger partial charge in [0.2, 0.25) is 0 Å². The Bertz CT molecular complexity index is 750. The zero-order valence-corrected chi connectivity index (χ0v) is 12.4. The van der Waals surface area contributed by atoms with Gasteiger partial charge >= 0.3 is 0 Å². The Morgan fingerprint density at radius 3 is 2.50 bits per heavy atom. The molecular weight excluding hydrogens is 314 g/mol. The van der Waals surface area contributed by atoms with Gasteiger partial charge in [0.15, 0.2) is 0 Å². The predicted molar refractivity (Wildman–Crippen MR) is 86.1 cm³/mol. The van der Waals surface area contributed by atoms with Crippen molar-refractivity contribution in [2.75, 3.05) is 0 Å². The fraction of sp³-hybridized carbons (Fsp3) is 0.0588. The zero-order chi connectivity index (χ0) is 13.9. The Morgan fingerprint density at radius 1 is 0.900 bits per heavy atom. The molecule has 3 heteroatoms. The number of benzene rings is 3. The Kier molecular flexibility index (Phi) is 3.72. The van der Waals surface area contributed by atoms with Crippen LogP contribution in [-0.2, 0) is 6.54 Å². The van der Waals surface area contributed by atoms with Crippen LogP contribution in [0.2, 0.25) is 0 Å². The summed E-state index contributed by atoms with van der Waals surface area (Å²) in [7, 11) is 0. The highest BCUT2D eigenvalue weighted by atomic mass is 79.9. The number of rotatable bonds is 3. The average Bonchev–Trinajstić information content (AvgIpc) is 2.49. The minimum atomic E-state index is 0.521. The Labute approximate surface area is 126 Å². The molecule has 0 saturated carbocycles. The van der Waals surface area contributed by atoms with Gasteiger partial charge < -0.3 is 10.5 Å². The van der Waals surface area contributed by atoms with Gasteiger partial charge in [-0.05, 0) is 45.1 Å². The maximum atomic E-state index is 6.03. The van der Waals surface area contributed by atoms with Crippen LogP contribution in [0.15, 0.2) is 65.1 Å². The number of nitrogens with two attached hydrogens (primary N) is 1. The van der Waals surface area contributed by atoms with Gasteiger partial charge in [-0.2, -0.15) is 0 Å². The molecule has 0 amide bonds. The molecule has 0 spiro atoms. The van der Waals surface area contributed by atoms with Crippen LogP contribution in [0.3, 0.4) is 0 Å². The SMILES string of the molecule is NCc1ccc(Oc2cccc3ccccc23)c(Br)c1. The minimum Gasteiger partial charge on any atom is -0.456 e. The van der Waals surface area contributed by atoms with E-state index >= 15 is 0 Å². The summed E-state index contributed by atoms with van der Waals surface area (Å²) in [6.45, 7) is 0.521. The first-order valence-electron chi connectivity index (χ1n) is 6.42. The maximum absolute atomic E-state index is 6.03. The zero-order valence-electron chi connectivity index (χ0n) is 10.8. The van der Waals surface area contributed by atoms with E-state index in [0.29, 0.717) is 6.54 Å². The van der Waals surface area contributed by atoms with Crippen LogP contribution in [0, 0.1) is 0 Å². The molecule has 2 N–H and O–H groups in total. The summed E-state index contributed by atoms with van der Waals surface area (Å²) >= 11 is 3.53. The smallest absolute Gasteiger partial charge is 0.141 e. The number of hydrogen-bond donors (Lipinski definition) is 1. The van der Waals surface area contributed by atoms with E-state index in [4.69, 9.17) is 10.5 Å². The summed E-state index contributed by atoms with van der Waals surface area (Å²) in [5.74, 6) is 1.64. The van der Waals surface area contributed by atoms with E-state index in [2.05, 4.69) is 34.1 Å². The molecule has 0 heterocycles. The van der Waals surface area contributed by atoms with Crippen LogP contribution in [0.25, 0.3) is 10.8 Å². The molecule has 0 radical (unpaired) electrons. The fourth-order valence-corrected chi connectivity index (χ4v) is 2.66. The number of hydrogen-bond acceptors (Lipinski definition) is 2. The Morgan fingerprint density at radius 2 is 1.70 bits per heavy atom. The minimum absolute atomic E-state index is 0.521. The van der Waals surface area contributed by atoms with Gasteiger partial charge in [-0.3, -0.25) is 0 Å². The largest absolute Gasteiger partial charge is 0.456 e. The predicted octanol–water partition coefficient (Wildman–Crippen LogP) is 4.85. The molecule has 100 valence electrons. The normalized spacial score (nSPS) is 10.7. The van der Waals surface area contributed by atoms with Crippen LogP contribution in [0.4, 0.5) is 0 Å². The summed E-state index contributed by atoms with van der Waals surface area (Å²) in [4.78, 5) is 0. The average molecular weight is 328 g/mol. The van der Waals surface area contributed by atoms with Crippen molar-refractivity contribution in [3.05, 3.63) is 70.7 Å². The van der Waals surface area contributed by atoms with E-state index in [1.54, 1.807) is 0 Å². The van der Waals surface area contributed by atoms with Crippen molar-refractivity contribution in [1.29, 1.82) is 0 Å². The molecule has 0 aromatic heterocycles. The molecule has 3 aromatic carbocycles. The third-order valence-corrected chi connectivity index (χ3v) is 3.82. The van der Waals surface area contributed by atoms with Gasteiger partial charge in [0.25, 0.3) is 0 Å². The molecule has 0 unspecified atom stereocenters. The Hall–Kier alpha value is -1.84. The van der Waals surface area contributed by atoms with Crippen LogP contribution in [0.1, 0.15) is 5.56 Å². The first kappa shape index (κ1) is 13.2. The maximum Gasteiger partial charge on any atom is 0.141 e.